The van der Waals surface area contributed by atoms with Crippen LogP contribution < -0.4 is 0 Å². The van der Waals surface area contributed by atoms with Gasteiger partial charge >= 0.3 is 12.5 Å². The van der Waals surface area contributed by atoms with E-state index in [1.165, 1.54) is 6.26 Å². The topological polar surface area (TPSA) is 70.2 Å². The molecule has 6 nitrogen and oxygen atoms in total. The molecule has 0 aliphatic heterocycles. The first-order valence-corrected chi connectivity index (χ1v) is 9.46. The number of hydrogen-bond acceptors (Lipinski definition) is 5. The Morgan fingerprint density at radius 2 is 1.77 bits per heavy atom. The molecule has 0 amide bonds. The third-order valence-electron chi connectivity index (χ3n) is 4.91. The third kappa shape index (κ3) is 3.42. The zero-order valence-corrected chi connectivity index (χ0v) is 16.0. The van der Waals surface area contributed by atoms with Gasteiger partial charge in [-0.3, -0.25) is 4.57 Å². The number of pyridine rings is 1. The van der Waals surface area contributed by atoms with Crippen LogP contribution in [0, 0.1) is 0 Å². The molecular weight excluding hydrogens is 404 g/mol. The minimum absolute atomic E-state index is 0.0332. The van der Waals surface area contributed by atoms with Crippen molar-refractivity contribution in [3.63, 3.8) is 0 Å². The number of furan rings is 1. The second kappa shape index (κ2) is 7.64. The van der Waals surface area contributed by atoms with Gasteiger partial charge in [-0.1, -0.05) is 30.3 Å². The van der Waals surface area contributed by atoms with Gasteiger partial charge in [0.25, 0.3) is 0 Å². The summed E-state index contributed by atoms with van der Waals surface area (Å²) < 4.78 is 38.8. The number of carbonyl (C=O) groups excluding carboxylic acids is 1. The van der Waals surface area contributed by atoms with E-state index in [2.05, 4.69) is 9.97 Å². The lowest BCUT2D eigenvalue weighted by atomic mass is 10.1. The number of aromatic nitrogens is 3. The van der Waals surface area contributed by atoms with Gasteiger partial charge in [-0.05, 0) is 36.4 Å². The number of ether oxygens (including phenoxy) is 1. The number of nitrogens with zero attached hydrogens (tertiary/aromatic N) is 3. The summed E-state index contributed by atoms with van der Waals surface area (Å²) in [5.74, 6) is -0.201. The molecule has 0 aliphatic carbocycles. The van der Waals surface area contributed by atoms with Crippen molar-refractivity contribution in [3.05, 3.63) is 84.4 Å². The molecule has 0 bridgehead atoms. The van der Waals surface area contributed by atoms with Crippen LogP contribution in [0.15, 0.2) is 77.4 Å². The largest absolute Gasteiger partial charge is 0.463 e. The first kappa shape index (κ1) is 18.9. The molecule has 31 heavy (non-hydrogen) atoms. The summed E-state index contributed by atoms with van der Waals surface area (Å²) in [7, 11) is 0. The molecular formula is C23H15F2N3O3. The van der Waals surface area contributed by atoms with Gasteiger partial charge in [0.15, 0.2) is 11.6 Å². The van der Waals surface area contributed by atoms with Crippen LogP contribution in [-0.2, 0) is 11.3 Å². The average molecular weight is 419 g/mol. The van der Waals surface area contributed by atoms with Crippen LogP contribution in [0.25, 0.3) is 33.4 Å². The molecule has 0 saturated carbocycles. The highest BCUT2D eigenvalue weighted by Crippen LogP contribution is 2.27. The van der Waals surface area contributed by atoms with Crippen molar-refractivity contribution in [2.45, 2.75) is 13.2 Å². The van der Waals surface area contributed by atoms with E-state index in [1.807, 2.05) is 0 Å². The standard InChI is InChI=1S/C23H15F2N3O3/c24-23(25)28-19-9-4-3-8-17(19)27-21(28)13-31-22(29)15-12-18(20-10-5-11-30-20)26-16-7-2-1-6-14(15)16/h1-12,23H,13H2. The Labute approximate surface area is 174 Å². The summed E-state index contributed by atoms with van der Waals surface area (Å²) in [6.07, 6.45) is 1.51. The van der Waals surface area contributed by atoms with Crippen molar-refractivity contribution in [2.24, 2.45) is 0 Å². The molecule has 3 heterocycles. The number of carbonyl (C=O) groups is 1. The van der Waals surface area contributed by atoms with E-state index in [4.69, 9.17) is 9.15 Å². The summed E-state index contributed by atoms with van der Waals surface area (Å²) in [5, 5.41) is 0.588. The Kier molecular flexibility index (Phi) is 4.66. The Balaban J connectivity index is 1.50. The van der Waals surface area contributed by atoms with Crippen molar-refractivity contribution in [3.8, 4) is 11.5 Å². The van der Waals surface area contributed by atoms with Gasteiger partial charge in [-0.15, -0.1) is 0 Å². The summed E-state index contributed by atoms with van der Waals surface area (Å²) in [6.45, 7) is -3.21. The minimum Gasteiger partial charge on any atom is -0.463 e. The first-order valence-electron chi connectivity index (χ1n) is 9.46. The molecule has 0 aliphatic rings. The van der Waals surface area contributed by atoms with Crippen LogP contribution in [0.3, 0.4) is 0 Å². The second-order valence-electron chi connectivity index (χ2n) is 6.79. The van der Waals surface area contributed by atoms with Crippen LogP contribution in [-0.4, -0.2) is 20.5 Å². The van der Waals surface area contributed by atoms with Gasteiger partial charge < -0.3 is 9.15 Å². The predicted octanol–water partition coefficient (Wildman–Crippen LogP) is 5.60. The molecule has 0 atom stereocenters. The quantitative estimate of drug-likeness (QED) is 0.347. The minimum atomic E-state index is -2.81. The summed E-state index contributed by atoms with van der Waals surface area (Å²) >= 11 is 0. The fourth-order valence-corrected chi connectivity index (χ4v) is 3.52. The number of hydrogen-bond donors (Lipinski definition) is 0. The molecule has 0 spiro atoms. The lowest BCUT2D eigenvalue weighted by Gasteiger charge is -2.10. The maximum Gasteiger partial charge on any atom is 0.339 e. The average Bonchev–Trinajstić information content (AvgIpc) is 3.44. The number of rotatable bonds is 5. The number of esters is 1. The van der Waals surface area contributed by atoms with E-state index in [-0.39, 0.29) is 16.9 Å². The van der Waals surface area contributed by atoms with Crippen molar-refractivity contribution in [1.29, 1.82) is 0 Å². The number of alkyl halides is 2. The normalized spacial score (nSPS) is 11.5. The van der Waals surface area contributed by atoms with Gasteiger partial charge in [0.2, 0.25) is 0 Å². The molecule has 2 aromatic carbocycles. The zero-order valence-electron chi connectivity index (χ0n) is 16.0. The Morgan fingerprint density at radius 1 is 1.00 bits per heavy atom. The van der Waals surface area contributed by atoms with Crippen molar-refractivity contribution >= 4 is 27.9 Å². The molecule has 0 unspecified atom stereocenters. The number of fused-ring (bicyclic) bond motifs is 2. The van der Waals surface area contributed by atoms with Crippen LogP contribution in [0.4, 0.5) is 8.78 Å². The summed E-state index contributed by atoms with van der Waals surface area (Å²) in [5.41, 5.74) is 2.00. The Bertz CT molecular complexity index is 1390. The van der Waals surface area contributed by atoms with E-state index in [0.717, 1.165) is 4.57 Å². The van der Waals surface area contributed by atoms with Gasteiger partial charge in [0.05, 0.1) is 28.4 Å². The Morgan fingerprint density at radius 3 is 2.55 bits per heavy atom. The van der Waals surface area contributed by atoms with Crippen LogP contribution in [0.1, 0.15) is 22.7 Å². The number of benzene rings is 2. The van der Waals surface area contributed by atoms with E-state index >= 15 is 0 Å². The maximum absolute atomic E-state index is 13.6. The molecule has 0 saturated heterocycles. The second-order valence-corrected chi connectivity index (χ2v) is 6.79. The number of halogens is 2. The predicted molar refractivity (Wildman–Crippen MR) is 110 cm³/mol. The molecule has 154 valence electrons. The Hall–Kier alpha value is -4.07. The van der Waals surface area contributed by atoms with Gasteiger partial charge in [0.1, 0.15) is 12.3 Å². The van der Waals surface area contributed by atoms with E-state index < -0.39 is 19.1 Å². The van der Waals surface area contributed by atoms with E-state index in [1.54, 1.807) is 66.7 Å². The van der Waals surface area contributed by atoms with Crippen molar-refractivity contribution in [1.82, 2.24) is 14.5 Å². The van der Waals surface area contributed by atoms with Crippen molar-refractivity contribution < 1.29 is 22.7 Å². The molecule has 3 aromatic heterocycles. The van der Waals surface area contributed by atoms with Crippen LogP contribution in [0.2, 0.25) is 0 Å². The van der Waals surface area contributed by atoms with E-state index in [0.29, 0.717) is 27.9 Å². The summed E-state index contributed by atoms with van der Waals surface area (Å²) in [6, 6.07) is 18.7. The molecule has 0 fully saturated rings. The molecule has 5 rings (SSSR count). The SMILES string of the molecule is O=C(OCc1nc2ccccc2n1C(F)F)c1cc(-c2ccco2)nc2ccccc12. The molecule has 0 radical (unpaired) electrons. The van der Waals surface area contributed by atoms with Gasteiger partial charge in [-0.25, -0.2) is 14.8 Å². The lowest BCUT2D eigenvalue weighted by Crippen LogP contribution is -2.11. The van der Waals surface area contributed by atoms with Gasteiger partial charge in [0, 0.05) is 5.39 Å². The molecule has 5 aromatic rings. The third-order valence-corrected chi connectivity index (χ3v) is 4.91. The fourth-order valence-electron chi connectivity index (χ4n) is 3.52. The molecule has 8 heteroatoms. The van der Waals surface area contributed by atoms with Crippen LogP contribution >= 0.6 is 0 Å². The highest BCUT2D eigenvalue weighted by atomic mass is 19.3. The van der Waals surface area contributed by atoms with Crippen LogP contribution in [0.5, 0.6) is 0 Å². The molecule has 0 N–H and O–H groups in total. The number of imidazole rings is 1. The lowest BCUT2D eigenvalue weighted by molar-refractivity contribution is 0.0389. The van der Waals surface area contributed by atoms with Crippen molar-refractivity contribution in [2.75, 3.05) is 0 Å². The highest BCUT2D eigenvalue weighted by Gasteiger charge is 2.21. The fraction of sp³-hybridized carbons (Fsp3) is 0.0870. The number of para-hydroxylation sites is 3. The zero-order chi connectivity index (χ0) is 21.4. The maximum atomic E-state index is 13.6. The monoisotopic (exact) mass is 419 g/mol. The van der Waals surface area contributed by atoms with Gasteiger partial charge in [-0.2, -0.15) is 8.78 Å². The first-order chi connectivity index (χ1) is 15.1. The highest BCUT2D eigenvalue weighted by molar-refractivity contribution is 6.04. The summed E-state index contributed by atoms with van der Waals surface area (Å²) in [4.78, 5) is 21.7. The van der Waals surface area contributed by atoms with E-state index in [9.17, 15) is 13.6 Å². The smallest absolute Gasteiger partial charge is 0.339 e.